The number of hydrogen-bond donors (Lipinski definition) is 1. The van der Waals surface area contributed by atoms with Gasteiger partial charge in [-0.1, -0.05) is 12.1 Å². The summed E-state index contributed by atoms with van der Waals surface area (Å²) in [5.74, 6) is -2.23. The Labute approximate surface area is 173 Å². The average molecular weight is 411 g/mol. The maximum atomic E-state index is 13.7. The van der Waals surface area contributed by atoms with Gasteiger partial charge in [-0.05, 0) is 25.1 Å². The molecule has 4 rings (SSSR count). The second-order valence-corrected chi connectivity index (χ2v) is 7.56. The SMILES string of the molecule is Cc1ncc(C(CNC(=O)c2cccc3ncccc23)N2CCC(F)(F)CC2)cn1. The van der Waals surface area contributed by atoms with Crippen LogP contribution in [0.25, 0.3) is 10.9 Å². The van der Waals surface area contributed by atoms with E-state index in [1.165, 1.54) is 0 Å². The van der Waals surface area contributed by atoms with Crippen molar-refractivity contribution in [3.63, 3.8) is 0 Å². The molecule has 2 aromatic heterocycles. The van der Waals surface area contributed by atoms with E-state index in [1.807, 2.05) is 17.0 Å². The third-order valence-corrected chi connectivity index (χ3v) is 5.50. The molecule has 1 aliphatic rings. The van der Waals surface area contributed by atoms with E-state index >= 15 is 0 Å². The van der Waals surface area contributed by atoms with Crippen LogP contribution in [0.4, 0.5) is 8.78 Å². The number of fused-ring (bicyclic) bond motifs is 1. The number of nitrogens with one attached hydrogen (secondary N) is 1. The van der Waals surface area contributed by atoms with Gasteiger partial charge in [0.15, 0.2) is 0 Å². The molecule has 1 aliphatic heterocycles. The molecule has 1 amide bonds. The van der Waals surface area contributed by atoms with Gasteiger partial charge in [0.2, 0.25) is 0 Å². The lowest BCUT2D eigenvalue weighted by atomic mass is 10.0. The van der Waals surface area contributed by atoms with E-state index in [4.69, 9.17) is 0 Å². The Morgan fingerprint density at radius 1 is 1.13 bits per heavy atom. The highest BCUT2D eigenvalue weighted by Crippen LogP contribution is 2.32. The summed E-state index contributed by atoms with van der Waals surface area (Å²) in [6.45, 7) is 2.56. The Balaban J connectivity index is 1.54. The molecule has 0 spiro atoms. The summed E-state index contributed by atoms with van der Waals surface area (Å²) in [5, 5.41) is 3.74. The topological polar surface area (TPSA) is 71.0 Å². The number of halogens is 2. The standard InChI is InChI=1S/C22H23F2N5O/c1-15-26-12-16(13-27-15)20(29-10-7-22(23,24)8-11-29)14-28-21(30)18-4-2-6-19-17(18)5-3-9-25-19/h2-6,9,12-13,20H,7-8,10-11,14H2,1H3,(H,28,30). The molecule has 0 aliphatic carbocycles. The van der Waals surface area contributed by atoms with Crippen LogP contribution in [0.2, 0.25) is 0 Å². The molecule has 8 heteroatoms. The number of aryl methyl sites for hydroxylation is 1. The van der Waals surface area contributed by atoms with Crippen LogP contribution in [0, 0.1) is 6.92 Å². The molecule has 6 nitrogen and oxygen atoms in total. The van der Waals surface area contributed by atoms with Crippen molar-refractivity contribution in [2.24, 2.45) is 0 Å². The minimum Gasteiger partial charge on any atom is -0.350 e. The maximum Gasteiger partial charge on any atom is 0.252 e. The molecule has 1 unspecified atom stereocenters. The fraction of sp³-hybridized carbons (Fsp3) is 0.364. The first-order valence-corrected chi connectivity index (χ1v) is 9.95. The summed E-state index contributed by atoms with van der Waals surface area (Å²) in [6, 6.07) is 8.77. The number of pyridine rings is 1. The number of piperidine rings is 1. The van der Waals surface area contributed by atoms with Crippen molar-refractivity contribution >= 4 is 16.8 Å². The summed E-state index contributed by atoms with van der Waals surface area (Å²) < 4.78 is 27.3. The molecule has 0 bridgehead atoms. The van der Waals surface area contributed by atoms with Crippen LogP contribution >= 0.6 is 0 Å². The van der Waals surface area contributed by atoms with Gasteiger partial charge in [-0.3, -0.25) is 14.7 Å². The van der Waals surface area contributed by atoms with E-state index in [2.05, 4.69) is 20.3 Å². The molecule has 3 heterocycles. The quantitative estimate of drug-likeness (QED) is 0.696. The predicted octanol–water partition coefficient (Wildman–Crippen LogP) is 3.54. The third kappa shape index (κ3) is 4.43. The van der Waals surface area contributed by atoms with Crippen LogP contribution in [0.3, 0.4) is 0 Å². The van der Waals surface area contributed by atoms with Crippen molar-refractivity contribution in [1.82, 2.24) is 25.2 Å². The highest BCUT2D eigenvalue weighted by atomic mass is 19.3. The lowest BCUT2D eigenvalue weighted by Gasteiger charge is -2.37. The van der Waals surface area contributed by atoms with Gasteiger partial charge in [0.1, 0.15) is 5.82 Å². The Morgan fingerprint density at radius 2 is 1.87 bits per heavy atom. The number of carbonyl (C=O) groups is 1. The van der Waals surface area contributed by atoms with Crippen LogP contribution in [0.5, 0.6) is 0 Å². The largest absolute Gasteiger partial charge is 0.350 e. The second-order valence-electron chi connectivity index (χ2n) is 7.56. The van der Waals surface area contributed by atoms with Crippen molar-refractivity contribution in [3.05, 3.63) is 65.9 Å². The third-order valence-electron chi connectivity index (χ3n) is 5.50. The fourth-order valence-corrected chi connectivity index (χ4v) is 3.78. The number of aromatic nitrogens is 3. The molecule has 1 N–H and O–H groups in total. The maximum absolute atomic E-state index is 13.7. The van der Waals surface area contributed by atoms with E-state index in [1.54, 1.807) is 43.7 Å². The van der Waals surface area contributed by atoms with Crippen molar-refractivity contribution in [2.45, 2.75) is 31.7 Å². The van der Waals surface area contributed by atoms with Crippen LogP contribution in [0.1, 0.15) is 40.6 Å². The van der Waals surface area contributed by atoms with Gasteiger partial charge in [-0.25, -0.2) is 18.7 Å². The molecular formula is C22H23F2N5O. The fourth-order valence-electron chi connectivity index (χ4n) is 3.78. The molecule has 1 fully saturated rings. The van der Waals surface area contributed by atoms with Crippen LogP contribution < -0.4 is 5.32 Å². The molecule has 3 aromatic rings. The molecule has 0 saturated carbocycles. The smallest absolute Gasteiger partial charge is 0.252 e. The van der Waals surface area contributed by atoms with Crippen molar-refractivity contribution in [2.75, 3.05) is 19.6 Å². The first-order valence-electron chi connectivity index (χ1n) is 9.95. The van der Waals surface area contributed by atoms with E-state index < -0.39 is 5.92 Å². The Hall–Kier alpha value is -3.00. The van der Waals surface area contributed by atoms with E-state index in [0.29, 0.717) is 11.4 Å². The monoisotopic (exact) mass is 411 g/mol. The van der Waals surface area contributed by atoms with Crippen LogP contribution in [-0.2, 0) is 0 Å². The molecule has 156 valence electrons. The van der Waals surface area contributed by atoms with Gasteiger partial charge in [-0.15, -0.1) is 0 Å². The lowest BCUT2D eigenvalue weighted by molar-refractivity contribution is -0.0632. The number of benzene rings is 1. The van der Waals surface area contributed by atoms with Gasteiger partial charge in [0.05, 0.1) is 11.6 Å². The van der Waals surface area contributed by atoms with Gasteiger partial charge in [-0.2, -0.15) is 0 Å². The van der Waals surface area contributed by atoms with Gasteiger partial charge in [0.25, 0.3) is 11.8 Å². The number of alkyl halides is 2. The minimum absolute atomic E-state index is 0.195. The number of nitrogens with zero attached hydrogens (tertiary/aromatic N) is 4. The van der Waals surface area contributed by atoms with Gasteiger partial charge in [0, 0.05) is 67.6 Å². The van der Waals surface area contributed by atoms with E-state index in [9.17, 15) is 13.6 Å². The van der Waals surface area contributed by atoms with Gasteiger partial charge >= 0.3 is 0 Å². The summed E-state index contributed by atoms with van der Waals surface area (Å²) in [6.07, 6.45) is 4.70. The van der Waals surface area contributed by atoms with Crippen LogP contribution in [-0.4, -0.2) is 51.3 Å². The second kappa shape index (κ2) is 8.39. The Kier molecular flexibility index (Phi) is 5.67. The molecule has 0 radical (unpaired) electrons. The first-order chi connectivity index (χ1) is 14.4. The minimum atomic E-state index is -2.63. The molecular weight excluding hydrogens is 388 g/mol. The van der Waals surface area contributed by atoms with Crippen molar-refractivity contribution in [1.29, 1.82) is 0 Å². The number of likely N-dealkylation sites (tertiary alicyclic amines) is 1. The normalized spacial score (nSPS) is 17.6. The zero-order chi connectivity index (χ0) is 21.1. The zero-order valence-corrected chi connectivity index (χ0v) is 16.7. The Bertz CT molecular complexity index is 1030. The van der Waals surface area contributed by atoms with Crippen molar-refractivity contribution in [3.8, 4) is 0 Å². The molecule has 1 aromatic carbocycles. The zero-order valence-electron chi connectivity index (χ0n) is 16.7. The van der Waals surface area contributed by atoms with Crippen LogP contribution in [0.15, 0.2) is 48.9 Å². The Morgan fingerprint density at radius 3 is 2.60 bits per heavy atom. The van der Waals surface area contributed by atoms with Gasteiger partial charge < -0.3 is 5.32 Å². The first kappa shape index (κ1) is 20.3. The van der Waals surface area contributed by atoms with E-state index in [-0.39, 0.29) is 44.4 Å². The molecule has 1 atom stereocenters. The number of carbonyl (C=O) groups excluding carboxylic acids is 1. The summed E-state index contributed by atoms with van der Waals surface area (Å²) in [7, 11) is 0. The predicted molar refractivity (Wildman–Crippen MR) is 109 cm³/mol. The van der Waals surface area contributed by atoms with Crippen molar-refractivity contribution < 1.29 is 13.6 Å². The summed E-state index contributed by atoms with van der Waals surface area (Å²) in [5.41, 5.74) is 2.07. The average Bonchev–Trinajstić information content (AvgIpc) is 2.75. The number of hydrogen-bond acceptors (Lipinski definition) is 5. The highest BCUT2D eigenvalue weighted by Gasteiger charge is 2.36. The summed E-state index contributed by atoms with van der Waals surface area (Å²) >= 11 is 0. The molecule has 1 saturated heterocycles. The number of rotatable bonds is 5. The lowest BCUT2D eigenvalue weighted by Crippen LogP contribution is -2.45. The number of amides is 1. The summed E-state index contributed by atoms with van der Waals surface area (Å²) in [4.78, 5) is 27.7. The molecule has 30 heavy (non-hydrogen) atoms. The highest BCUT2D eigenvalue weighted by molar-refractivity contribution is 6.06. The van der Waals surface area contributed by atoms with E-state index in [0.717, 1.165) is 16.5 Å².